The van der Waals surface area contributed by atoms with Crippen LogP contribution in [0.1, 0.15) is 15.9 Å². The van der Waals surface area contributed by atoms with Crippen molar-refractivity contribution >= 4 is 33.3 Å². The highest BCUT2D eigenvalue weighted by atomic mass is 32.2. The smallest absolute Gasteiger partial charge is 0.338 e. The Hall–Kier alpha value is -3.55. The number of esters is 1. The van der Waals surface area contributed by atoms with Crippen LogP contribution >= 0.6 is 0 Å². The Labute approximate surface area is 195 Å². The lowest BCUT2D eigenvalue weighted by molar-refractivity contribution is -0.385. The predicted molar refractivity (Wildman–Crippen MR) is 119 cm³/mol. The minimum atomic E-state index is -3.76. The maximum atomic E-state index is 12.9. The van der Waals surface area contributed by atoms with Crippen LogP contribution in [0.3, 0.4) is 0 Å². The number of rotatable bonds is 8. The van der Waals surface area contributed by atoms with E-state index in [1.165, 1.54) is 35.7 Å². The molecule has 0 saturated carbocycles. The quantitative estimate of drug-likeness (QED) is 0.329. The van der Waals surface area contributed by atoms with Crippen molar-refractivity contribution in [1.82, 2.24) is 4.31 Å². The van der Waals surface area contributed by atoms with Crippen LogP contribution in [0.5, 0.6) is 5.75 Å². The van der Waals surface area contributed by atoms with Crippen molar-refractivity contribution in [2.24, 2.45) is 0 Å². The van der Waals surface area contributed by atoms with Crippen LogP contribution in [-0.4, -0.2) is 69.5 Å². The summed E-state index contributed by atoms with van der Waals surface area (Å²) >= 11 is 0. The predicted octanol–water partition coefficient (Wildman–Crippen LogP) is 1.73. The Morgan fingerprint density at radius 3 is 2.53 bits per heavy atom. The number of nitro benzene ring substituents is 1. The summed E-state index contributed by atoms with van der Waals surface area (Å²) in [5.41, 5.74) is 0.298. The Bertz CT molecular complexity index is 1210. The molecule has 0 bridgehead atoms. The van der Waals surface area contributed by atoms with Gasteiger partial charge >= 0.3 is 11.7 Å². The maximum Gasteiger partial charge on any atom is 0.338 e. The number of nitrogens with zero attached hydrogens (tertiary/aromatic N) is 2. The molecule has 1 N–H and O–H groups in total. The van der Waals surface area contributed by atoms with Crippen LogP contribution in [0.4, 0.5) is 11.4 Å². The summed E-state index contributed by atoms with van der Waals surface area (Å²) in [4.78, 5) is 35.0. The van der Waals surface area contributed by atoms with Gasteiger partial charge in [-0.25, -0.2) is 13.2 Å². The third-order valence-electron chi connectivity index (χ3n) is 5.04. The summed E-state index contributed by atoms with van der Waals surface area (Å²) < 4.78 is 42.0. The molecule has 13 heteroatoms. The number of methoxy groups -OCH3 is 1. The average Bonchev–Trinajstić information content (AvgIpc) is 2.83. The van der Waals surface area contributed by atoms with E-state index in [2.05, 4.69) is 5.32 Å². The van der Waals surface area contributed by atoms with Gasteiger partial charge < -0.3 is 19.5 Å². The number of hydrogen-bond acceptors (Lipinski definition) is 9. The van der Waals surface area contributed by atoms with Crippen molar-refractivity contribution < 1.29 is 37.1 Å². The molecule has 3 rings (SSSR count). The molecule has 1 aliphatic heterocycles. The highest BCUT2D eigenvalue weighted by Crippen LogP contribution is 2.28. The third-order valence-corrected chi connectivity index (χ3v) is 6.93. The number of aryl methyl sites for hydroxylation is 1. The highest BCUT2D eigenvalue weighted by molar-refractivity contribution is 7.89. The second-order valence-corrected chi connectivity index (χ2v) is 9.20. The summed E-state index contributed by atoms with van der Waals surface area (Å²) in [6, 6.07) is 7.86. The van der Waals surface area contributed by atoms with E-state index in [-0.39, 0.29) is 35.0 Å². The number of nitro groups is 1. The van der Waals surface area contributed by atoms with Crippen LogP contribution in [0.25, 0.3) is 0 Å². The monoisotopic (exact) mass is 493 g/mol. The van der Waals surface area contributed by atoms with Gasteiger partial charge in [-0.1, -0.05) is 6.07 Å². The lowest BCUT2D eigenvalue weighted by atomic mass is 10.2. The standard InChI is InChI=1S/C21H23N3O9S/c1-14-3-5-16(34(29,30)23-7-9-32-10-8-23)12-17(14)22-20(25)13-33-21(26)15-4-6-19(31-2)18(11-15)24(27)28/h3-6,11-12H,7-10,13H2,1-2H3,(H,22,25). The van der Waals surface area contributed by atoms with E-state index in [4.69, 9.17) is 14.2 Å². The van der Waals surface area contributed by atoms with Gasteiger partial charge in [0.15, 0.2) is 12.4 Å². The SMILES string of the molecule is COc1ccc(C(=O)OCC(=O)Nc2cc(S(=O)(=O)N3CCOCC3)ccc2C)cc1[N+](=O)[O-]. The van der Waals surface area contributed by atoms with Gasteiger partial charge in [-0.15, -0.1) is 0 Å². The van der Waals surface area contributed by atoms with E-state index >= 15 is 0 Å². The van der Waals surface area contributed by atoms with Crippen LogP contribution in [0.2, 0.25) is 0 Å². The van der Waals surface area contributed by atoms with E-state index in [9.17, 15) is 28.1 Å². The first-order valence-electron chi connectivity index (χ1n) is 10.1. The zero-order valence-corrected chi connectivity index (χ0v) is 19.3. The van der Waals surface area contributed by atoms with Crippen LogP contribution in [-0.2, 0) is 24.3 Å². The fourth-order valence-corrected chi connectivity index (χ4v) is 4.63. The zero-order valence-electron chi connectivity index (χ0n) is 18.5. The van der Waals surface area contributed by atoms with Crippen molar-refractivity contribution in [1.29, 1.82) is 0 Å². The van der Waals surface area contributed by atoms with Gasteiger partial charge in [0, 0.05) is 24.8 Å². The second kappa shape index (κ2) is 10.6. The molecular weight excluding hydrogens is 470 g/mol. The first-order chi connectivity index (χ1) is 16.1. The molecule has 0 aromatic heterocycles. The van der Waals surface area contributed by atoms with Gasteiger partial charge in [-0.2, -0.15) is 4.31 Å². The van der Waals surface area contributed by atoms with Crippen molar-refractivity contribution in [2.45, 2.75) is 11.8 Å². The Balaban J connectivity index is 1.67. The van der Waals surface area contributed by atoms with Gasteiger partial charge in [0.2, 0.25) is 10.0 Å². The fraction of sp³-hybridized carbons (Fsp3) is 0.333. The summed E-state index contributed by atoms with van der Waals surface area (Å²) in [5, 5.41) is 13.6. The number of sulfonamides is 1. The summed E-state index contributed by atoms with van der Waals surface area (Å²) in [6.07, 6.45) is 0. The first kappa shape index (κ1) is 25.1. The molecule has 1 saturated heterocycles. The number of amides is 1. The number of anilines is 1. The number of carbonyl (C=O) groups excluding carboxylic acids is 2. The van der Waals surface area contributed by atoms with E-state index < -0.39 is 39.1 Å². The molecule has 0 radical (unpaired) electrons. The first-order valence-corrected chi connectivity index (χ1v) is 11.6. The molecule has 182 valence electrons. The van der Waals surface area contributed by atoms with Gasteiger partial charge in [0.25, 0.3) is 5.91 Å². The topological polar surface area (TPSA) is 154 Å². The van der Waals surface area contributed by atoms with E-state index in [0.717, 1.165) is 6.07 Å². The number of benzene rings is 2. The molecule has 0 atom stereocenters. The summed E-state index contributed by atoms with van der Waals surface area (Å²) in [7, 11) is -2.51. The van der Waals surface area contributed by atoms with E-state index in [1.807, 2.05) is 0 Å². The van der Waals surface area contributed by atoms with Gasteiger partial charge in [0.1, 0.15) is 0 Å². The lowest BCUT2D eigenvalue weighted by Crippen LogP contribution is -2.40. The van der Waals surface area contributed by atoms with Crippen molar-refractivity contribution in [3.63, 3.8) is 0 Å². The van der Waals surface area contributed by atoms with E-state index in [1.54, 1.807) is 13.0 Å². The van der Waals surface area contributed by atoms with Gasteiger partial charge in [0.05, 0.1) is 35.7 Å². The molecule has 0 spiro atoms. The number of ether oxygens (including phenoxy) is 3. The maximum absolute atomic E-state index is 12.9. The number of carbonyl (C=O) groups is 2. The molecule has 12 nitrogen and oxygen atoms in total. The van der Waals surface area contributed by atoms with Crippen molar-refractivity contribution in [3.05, 3.63) is 57.6 Å². The minimum absolute atomic E-state index is 0.0119. The summed E-state index contributed by atoms with van der Waals surface area (Å²) in [5.74, 6) is -1.68. The molecule has 2 aromatic rings. The molecule has 2 aromatic carbocycles. The van der Waals surface area contributed by atoms with Crippen LogP contribution < -0.4 is 10.1 Å². The van der Waals surface area contributed by atoms with Crippen LogP contribution in [0, 0.1) is 17.0 Å². The molecule has 1 heterocycles. The Morgan fingerprint density at radius 1 is 1.18 bits per heavy atom. The number of morpholine rings is 1. The normalized spacial score (nSPS) is 14.3. The second-order valence-electron chi connectivity index (χ2n) is 7.26. The summed E-state index contributed by atoms with van der Waals surface area (Å²) in [6.45, 7) is 2.07. The van der Waals surface area contributed by atoms with Gasteiger partial charge in [-0.3, -0.25) is 14.9 Å². The molecular formula is C21H23N3O9S. The Morgan fingerprint density at radius 2 is 1.88 bits per heavy atom. The zero-order chi connectivity index (χ0) is 24.9. The lowest BCUT2D eigenvalue weighted by Gasteiger charge is -2.26. The molecule has 1 aliphatic rings. The highest BCUT2D eigenvalue weighted by Gasteiger charge is 2.27. The third kappa shape index (κ3) is 5.68. The molecule has 0 unspecified atom stereocenters. The fourth-order valence-electron chi connectivity index (χ4n) is 3.19. The average molecular weight is 493 g/mol. The van der Waals surface area contributed by atoms with E-state index in [0.29, 0.717) is 18.8 Å². The van der Waals surface area contributed by atoms with Crippen molar-refractivity contribution in [2.75, 3.05) is 45.3 Å². The number of nitrogens with one attached hydrogen (secondary N) is 1. The molecule has 0 aliphatic carbocycles. The Kier molecular flexibility index (Phi) is 7.81. The molecule has 1 fully saturated rings. The minimum Gasteiger partial charge on any atom is -0.490 e. The number of hydrogen-bond donors (Lipinski definition) is 1. The molecule has 1 amide bonds. The molecule has 34 heavy (non-hydrogen) atoms. The van der Waals surface area contributed by atoms with Crippen LogP contribution in [0.15, 0.2) is 41.3 Å². The largest absolute Gasteiger partial charge is 0.490 e. The van der Waals surface area contributed by atoms with Crippen molar-refractivity contribution in [3.8, 4) is 5.75 Å². The van der Waals surface area contributed by atoms with Gasteiger partial charge in [-0.05, 0) is 36.8 Å².